The molecule has 1 rings (SSSR count). The van der Waals surface area contributed by atoms with Crippen molar-refractivity contribution in [3.05, 3.63) is 22.4 Å². The summed E-state index contributed by atoms with van der Waals surface area (Å²) in [6.07, 6.45) is 7.56. The highest BCUT2D eigenvalue weighted by Crippen LogP contribution is 2.23. The van der Waals surface area contributed by atoms with Crippen molar-refractivity contribution in [3.63, 3.8) is 0 Å². The number of ketones is 1. The summed E-state index contributed by atoms with van der Waals surface area (Å²) in [6, 6.07) is 5.89. The van der Waals surface area contributed by atoms with Crippen LogP contribution in [0.3, 0.4) is 0 Å². The van der Waals surface area contributed by atoms with E-state index in [0.29, 0.717) is 6.42 Å². The summed E-state index contributed by atoms with van der Waals surface area (Å²) in [5.41, 5.74) is 0. The Balaban J connectivity index is 2.25. The third-order valence-corrected chi connectivity index (χ3v) is 3.99. The van der Waals surface area contributed by atoms with Gasteiger partial charge in [0, 0.05) is 11.3 Å². The second-order valence-corrected chi connectivity index (χ2v) is 5.54. The third kappa shape index (κ3) is 5.01. The van der Waals surface area contributed by atoms with Gasteiger partial charge in [0.2, 0.25) is 0 Å². The minimum Gasteiger partial charge on any atom is -0.298 e. The molecule has 0 N–H and O–H groups in total. The molecule has 98 valence electrons. The Hall–Kier alpha value is -1.14. The quantitative estimate of drug-likeness (QED) is 0.607. The molecule has 2 nitrogen and oxygen atoms in total. The maximum absolute atomic E-state index is 11.9. The molecule has 18 heavy (non-hydrogen) atoms. The predicted molar refractivity (Wildman–Crippen MR) is 75.7 cm³/mol. The molecule has 1 atom stereocenters. The Morgan fingerprint density at radius 3 is 2.67 bits per heavy atom. The molecule has 0 aliphatic heterocycles. The fraction of sp³-hybridized carbons (Fsp3) is 0.600. The van der Waals surface area contributed by atoms with Crippen LogP contribution in [0.4, 0.5) is 0 Å². The molecular formula is C15H21NOS. The molecule has 0 saturated heterocycles. The van der Waals surface area contributed by atoms with E-state index in [0.717, 1.165) is 17.7 Å². The van der Waals surface area contributed by atoms with Crippen molar-refractivity contribution in [1.82, 2.24) is 0 Å². The van der Waals surface area contributed by atoms with E-state index in [1.54, 1.807) is 0 Å². The first-order valence-electron chi connectivity index (χ1n) is 6.75. The van der Waals surface area contributed by atoms with Crippen molar-refractivity contribution in [1.29, 1.82) is 5.26 Å². The van der Waals surface area contributed by atoms with Crippen molar-refractivity contribution in [2.45, 2.75) is 57.8 Å². The minimum absolute atomic E-state index is 0.0791. The average molecular weight is 263 g/mol. The zero-order valence-corrected chi connectivity index (χ0v) is 11.8. The second kappa shape index (κ2) is 8.88. The van der Waals surface area contributed by atoms with Gasteiger partial charge in [0.05, 0.1) is 6.07 Å². The molecule has 0 aliphatic carbocycles. The summed E-state index contributed by atoms with van der Waals surface area (Å²) in [5.74, 6) is -0.462. The summed E-state index contributed by atoms with van der Waals surface area (Å²) >= 11 is 1.49. The number of carbonyl (C=O) groups excluding carboxylic acids is 1. The molecule has 0 radical (unpaired) electrons. The van der Waals surface area contributed by atoms with Crippen molar-refractivity contribution in [2.75, 3.05) is 0 Å². The van der Waals surface area contributed by atoms with E-state index in [-0.39, 0.29) is 5.78 Å². The lowest BCUT2D eigenvalue weighted by Crippen LogP contribution is -2.09. The summed E-state index contributed by atoms with van der Waals surface area (Å²) < 4.78 is 0. The minimum atomic E-state index is -0.541. The van der Waals surface area contributed by atoms with Gasteiger partial charge in [0.1, 0.15) is 5.92 Å². The van der Waals surface area contributed by atoms with Crippen molar-refractivity contribution in [2.24, 2.45) is 0 Å². The topological polar surface area (TPSA) is 40.9 Å². The van der Waals surface area contributed by atoms with E-state index >= 15 is 0 Å². The van der Waals surface area contributed by atoms with Crippen LogP contribution < -0.4 is 0 Å². The van der Waals surface area contributed by atoms with Crippen LogP contribution >= 0.6 is 11.3 Å². The maximum atomic E-state index is 11.9. The molecule has 1 unspecified atom stereocenters. The van der Waals surface area contributed by atoms with Gasteiger partial charge in [-0.3, -0.25) is 4.79 Å². The van der Waals surface area contributed by atoms with E-state index < -0.39 is 5.92 Å². The van der Waals surface area contributed by atoms with E-state index in [1.807, 2.05) is 17.5 Å². The van der Waals surface area contributed by atoms with Crippen LogP contribution in [0.1, 0.15) is 62.7 Å². The van der Waals surface area contributed by atoms with Gasteiger partial charge in [-0.1, -0.05) is 45.1 Å². The van der Waals surface area contributed by atoms with Crippen LogP contribution in [0.25, 0.3) is 0 Å². The van der Waals surface area contributed by atoms with Crippen LogP contribution in [0, 0.1) is 11.3 Å². The number of unbranched alkanes of at least 4 members (excludes halogenated alkanes) is 5. The Bertz CT molecular complexity index is 378. The second-order valence-electron chi connectivity index (χ2n) is 4.56. The van der Waals surface area contributed by atoms with Gasteiger partial charge >= 0.3 is 0 Å². The summed E-state index contributed by atoms with van der Waals surface area (Å²) in [4.78, 5) is 12.8. The molecule has 0 aromatic carbocycles. The van der Waals surface area contributed by atoms with Gasteiger partial charge < -0.3 is 0 Å². The number of Topliss-reactive ketones (excluding diaryl/α,β-unsaturated/α-hetero) is 1. The Morgan fingerprint density at radius 1 is 1.33 bits per heavy atom. The highest BCUT2D eigenvalue weighted by atomic mass is 32.1. The van der Waals surface area contributed by atoms with E-state index in [2.05, 4.69) is 13.0 Å². The molecule has 1 aromatic heterocycles. The lowest BCUT2D eigenvalue weighted by molar-refractivity contribution is -0.119. The Kier molecular flexibility index (Phi) is 7.36. The number of hydrogen-bond acceptors (Lipinski definition) is 3. The van der Waals surface area contributed by atoms with Gasteiger partial charge in [0.25, 0.3) is 0 Å². The number of rotatable bonds is 9. The first-order valence-corrected chi connectivity index (χ1v) is 7.63. The van der Waals surface area contributed by atoms with Gasteiger partial charge in [-0.05, 0) is 17.9 Å². The van der Waals surface area contributed by atoms with Crippen molar-refractivity contribution in [3.8, 4) is 6.07 Å². The molecule has 0 bridgehead atoms. The molecular weight excluding hydrogens is 242 g/mol. The molecule has 0 aliphatic rings. The SMILES string of the molecule is CCCCCCCCC(=O)C(C#N)c1cccs1. The van der Waals surface area contributed by atoms with E-state index in [9.17, 15) is 4.79 Å². The first kappa shape index (κ1) is 14.9. The largest absolute Gasteiger partial charge is 0.298 e. The fourth-order valence-electron chi connectivity index (χ4n) is 1.97. The Morgan fingerprint density at radius 2 is 2.06 bits per heavy atom. The molecule has 1 heterocycles. The highest BCUT2D eigenvalue weighted by Gasteiger charge is 2.20. The Labute approximate surface area is 114 Å². The summed E-state index contributed by atoms with van der Waals surface area (Å²) in [6.45, 7) is 2.20. The number of nitrogens with zero attached hydrogens (tertiary/aromatic N) is 1. The van der Waals surface area contributed by atoms with Crippen LogP contribution in [-0.4, -0.2) is 5.78 Å². The van der Waals surface area contributed by atoms with Crippen LogP contribution in [0.2, 0.25) is 0 Å². The number of hydrogen-bond donors (Lipinski definition) is 0. The zero-order chi connectivity index (χ0) is 13.2. The van der Waals surface area contributed by atoms with Crippen molar-refractivity contribution < 1.29 is 4.79 Å². The van der Waals surface area contributed by atoms with Gasteiger partial charge in [-0.15, -0.1) is 11.3 Å². The number of nitriles is 1. The smallest absolute Gasteiger partial charge is 0.155 e. The molecule has 0 spiro atoms. The monoisotopic (exact) mass is 263 g/mol. The molecule has 0 amide bonds. The maximum Gasteiger partial charge on any atom is 0.155 e. The molecule has 1 aromatic rings. The van der Waals surface area contributed by atoms with E-state index in [1.165, 1.54) is 37.0 Å². The molecule has 3 heteroatoms. The van der Waals surface area contributed by atoms with Crippen LogP contribution in [-0.2, 0) is 4.79 Å². The van der Waals surface area contributed by atoms with Gasteiger partial charge in [-0.2, -0.15) is 5.26 Å². The number of carbonyl (C=O) groups is 1. The predicted octanol–water partition coefficient (Wildman–Crippen LogP) is 4.67. The number of thiophene rings is 1. The standard InChI is InChI=1S/C15H21NOS/c1-2-3-4-5-6-7-9-14(17)13(12-16)15-10-8-11-18-15/h8,10-11,13H,2-7,9H2,1H3. The van der Waals surface area contributed by atoms with Gasteiger partial charge in [0.15, 0.2) is 5.78 Å². The van der Waals surface area contributed by atoms with Crippen LogP contribution in [0.15, 0.2) is 17.5 Å². The normalized spacial score (nSPS) is 12.0. The lowest BCUT2D eigenvalue weighted by atomic mass is 9.98. The van der Waals surface area contributed by atoms with Gasteiger partial charge in [-0.25, -0.2) is 0 Å². The molecule has 0 saturated carbocycles. The third-order valence-electron chi connectivity index (χ3n) is 3.06. The van der Waals surface area contributed by atoms with Crippen molar-refractivity contribution >= 4 is 17.1 Å². The van der Waals surface area contributed by atoms with E-state index in [4.69, 9.17) is 5.26 Å². The molecule has 0 fully saturated rings. The highest BCUT2D eigenvalue weighted by molar-refractivity contribution is 7.10. The first-order chi connectivity index (χ1) is 8.79. The summed E-state index contributed by atoms with van der Waals surface area (Å²) in [5, 5.41) is 11.0. The van der Waals surface area contributed by atoms with Crippen LogP contribution in [0.5, 0.6) is 0 Å². The lowest BCUT2D eigenvalue weighted by Gasteiger charge is -2.05. The zero-order valence-electron chi connectivity index (χ0n) is 11.0. The fourth-order valence-corrected chi connectivity index (χ4v) is 2.77. The average Bonchev–Trinajstić information content (AvgIpc) is 2.88. The summed E-state index contributed by atoms with van der Waals surface area (Å²) in [7, 11) is 0.